The van der Waals surface area contributed by atoms with Gasteiger partial charge in [0.25, 0.3) is 5.91 Å². The van der Waals surface area contributed by atoms with Crippen molar-refractivity contribution in [1.29, 1.82) is 0 Å². The number of carbonyl (C=O) groups is 2. The monoisotopic (exact) mass is 291 g/mol. The standard InChI is InChI=1S/C13H13N3O3S/c1-7-10(20-13(19)16(7)2)12(18)15-9-5-3-8(4-6-9)11(14)17/h3-6H,1-2H3,(H2,14,17)(H,15,18). The summed E-state index contributed by atoms with van der Waals surface area (Å²) in [5, 5.41) is 2.67. The average Bonchev–Trinajstić information content (AvgIpc) is 2.67. The highest BCUT2D eigenvalue weighted by molar-refractivity contribution is 7.11. The van der Waals surface area contributed by atoms with Gasteiger partial charge in [0.1, 0.15) is 4.88 Å². The Morgan fingerprint density at radius 2 is 1.85 bits per heavy atom. The van der Waals surface area contributed by atoms with Crippen LogP contribution in [0.1, 0.15) is 25.7 Å². The van der Waals surface area contributed by atoms with E-state index in [0.29, 0.717) is 21.8 Å². The highest BCUT2D eigenvalue weighted by Gasteiger charge is 2.16. The van der Waals surface area contributed by atoms with Crippen molar-refractivity contribution >= 4 is 28.8 Å². The first kappa shape index (κ1) is 14.0. The van der Waals surface area contributed by atoms with Gasteiger partial charge in [-0.25, -0.2) is 0 Å². The van der Waals surface area contributed by atoms with Gasteiger partial charge in [0.2, 0.25) is 5.91 Å². The Morgan fingerprint density at radius 1 is 1.25 bits per heavy atom. The predicted molar refractivity (Wildman–Crippen MR) is 77.2 cm³/mol. The van der Waals surface area contributed by atoms with E-state index in [-0.39, 0.29) is 10.8 Å². The van der Waals surface area contributed by atoms with Crippen LogP contribution in [0.4, 0.5) is 5.69 Å². The van der Waals surface area contributed by atoms with Crippen LogP contribution in [0.2, 0.25) is 0 Å². The lowest BCUT2D eigenvalue weighted by Gasteiger charge is -2.05. The van der Waals surface area contributed by atoms with Gasteiger partial charge in [-0.05, 0) is 31.2 Å². The molecule has 0 unspecified atom stereocenters. The second-order valence-corrected chi connectivity index (χ2v) is 5.20. The number of carbonyl (C=O) groups excluding carboxylic acids is 2. The van der Waals surface area contributed by atoms with E-state index < -0.39 is 5.91 Å². The molecule has 2 aromatic rings. The molecule has 0 bridgehead atoms. The molecule has 0 aliphatic carbocycles. The Hall–Kier alpha value is -2.41. The number of anilines is 1. The number of hydrogen-bond acceptors (Lipinski definition) is 4. The second kappa shape index (κ2) is 5.30. The van der Waals surface area contributed by atoms with E-state index in [1.54, 1.807) is 26.1 Å². The molecule has 0 radical (unpaired) electrons. The minimum Gasteiger partial charge on any atom is -0.366 e. The first-order chi connectivity index (χ1) is 9.40. The summed E-state index contributed by atoms with van der Waals surface area (Å²) >= 11 is 0.898. The number of nitrogens with two attached hydrogens (primary N) is 1. The minimum absolute atomic E-state index is 0.184. The SMILES string of the molecule is Cc1c(C(=O)Nc2ccc(C(N)=O)cc2)sc(=O)n1C. The van der Waals surface area contributed by atoms with Gasteiger partial charge >= 0.3 is 4.87 Å². The fourth-order valence-corrected chi connectivity index (χ4v) is 2.51. The van der Waals surface area contributed by atoms with Crippen molar-refractivity contribution in [1.82, 2.24) is 4.57 Å². The van der Waals surface area contributed by atoms with Crippen molar-refractivity contribution < 1.29 is 9.59 Å². The van der Waals surface area contributed by atoms with Crippen LogP contribution in [0, 0.1) is 6.92 Å². The molecule has 0 spiro atoms. The molecular weight excluding hydrogens is 278 g/mol. The Labute approximate surface area is 118 Å². The van der Waals surface area contributed by atoms with Crippen LogP contribution in [0.25, 0.3) is 0 Å². The highest BCUT2D eigenvalue weighted by atomic mass is 32.1. The fraction of sp³-hybridized carbons (Fsp3) is 0.154. The Kier molecular flexibility index (Phi) is 3.71. The molecule has 104 valence electrons. The highest BCUT2D eigenvalue weighted by Crippen LogP contribution is 2.15. The molecule has 2 rings (SSSR count). The number of thiazole rings is 1. The maximum atomic E-state index is 12.1. The summed E-state index contributed by atoms with van der Waals surface area (Å²) in [4.78, 5) is 34.7. The second-order valence-electron chi connectivity index (χ2n) is 4.24. The Morgan fingerprint density at radius 3 is 2.30 bits per heavy atom. The van der Waals surface area contributed by atoms with Gasteiger partial charge < -0.3 is 15.6 Å². The molecule has 1 aromatic carbocycles. The number of benzene rings is 1. The van der Waals surface area contributed by atoms with E-state index in [9.17, 15) is 14.4 Å². The van der Waals surface area contributed by atoms with E-state index in [4.69, 9.17) is 5.73 Å². The lowest BCUT2D eigenvalue weighted by Crippen LogP contribution is -2.14. The summed E-state index contributed by atoms with van der Waals surface area (Å²) in [6, 6.07) is 6.22. The number of nitrogens with one attached hydrogen (secondary N) is 1. The third-order valence-corrected chi connectivity index (χ3v) is 4.06. The quantitative estimate of drug-likeness (QED) is 0.886. The first-order valence-corrected chi connectivity index (χ1v) is 6.59. The van der Waals surface area contributed by atoms with Gasteiger partial charge in [0, 0.05) is 24.0 Å². The Balaban J connectivity index is 2.21. The molecule has 0 saturated heterocycles. The van der Waals surface area contributed by atoms with Crippen LogP contribution in [-0.2, 0) is 7.05 Å². The molecule has 1 aromatic heterocycles. The lowest BCUT2D eigenvalue weighted by molar-refractivity contribution is 0.0998. The average molecular weight is 291 g/mol. The summed E-state index contributed by atoms with van der Waals surface area (Å²) in [6.45, 7) is 1.71. The number of aromatic nitrogens is 1. The molecule has 0 fully saturated rings. The van der Waals surface area contributed by atoms with Crippen LogP contribution in [0.3, 0.4) is 0 Å². The molecule has 0 atom stereocenters. The molecule has 0 saturated carbocycles. The van der Waals surface area contributed by atoms with Crippen LogP contribution in [-0.4, -0.2) is 16.4 Å². The van der Waals surface area contributed by atoms with Gasteiger partial charge in [-0.15, -0.1) is 0 Å². The zero-order chi connectivity index (χ0) is 14.9. The fourth-order valence-electron chi connectivity index (χ4n) is 1.64. The number of nitrogens with zero attached hydrogens (tertiary/aromatic N) is 1. The largest absolute Gasteiger partial charge is 0.366 e. The van der Waals surface area contributed by atoms with Gasteiger partial charge in [-0.3, -0.25) is 14.4 Å². The molecule has 7 heteroatoms. The molecule has 2 amide bonds. The van der Waals surface area contributed by atoms with Crippen LogP contribution in [0.15, 0.2) is 29.1 Å². The molecule has 1 heterocycles. The minimum atomic E-state index is -0.528. The summed E-state index contributed by atoms with van der Waals surface area (Å²) in [5.41, 5.74) is 6.65. The molecule has 6 nitrogen and oxygen atoms in total. The summed E-state index contributed by atoms with van der Waals surface area (Å²) in [5.74, 6) is -0.878. The molecular formula is C13H13N3O3S. The maximum Gasteiger partial charge on any atom is 0.307 e. The van der Waals surface area contributed by atoms with Crippen molar-refractivity contribution in [3.05, 3.63) is 50.1 Å². The third kappa shape index (κ3) is 2.62. The molecule has 0 aliphatic rings. The van der Waals surface area contributed by atoms with Crippen LogP contribution >= 0.6 is 11.3 Å². The summed E-state index contributed by atoms with van der Waals surface area (Å²) < 4.78 is 1.43. The van der Waals surface area contributed by atoms with Crippen molar-refractivity contribution in [2.75, 3.05) is 5.32 Å². The van der Waals surface area contributed by atoms with Crippen molar-refractivity contribution in [3.63, 3.8) is 0 Å². The van der Waals surface area contributed by atoms with Crippen molar-refractivity contribution in [3.8, 4) is 0 Å². The van der Waals surface area contributed by atoms with E-state index in [1.807, 2.05) is 0 Å². The molecule has 3 N–H and O–H groups in total. The van der Waals surface area contributed by atoms with E-state index in [2.05, 4.69) is 5.32 Å². The number of primary amides is 1. The van der Waals surface area contributed by atoms with E-state index in [0.717, 1.165) is 11.3 Å². The number of rotatable bonds is 3. The van der Waals surface area contributed by atoms with Gasteiger partial charge in [0.05, 0.1) is 0 Å². The Bertz CT molecular complexity index is 728. The smallest absolute Gasteiger partial charge is 0.307 e. The zero-order valence-electron chi connectivity index (χ0n) is 11.0. The van der Waals surface area contributed by atoms with Crippen molar-refractivity contribution in [2.24, 2.45) is 12.8 Å². The van der Waals surface area contributed by atoms with Gasteiger partial charge in [0.15, 0.2) is 0 Å². The first-order valence-electron chi connectivity index (χ1n) is 5.78. The lowest BCUT2D eigenvalue weighted by atomic mass is 10.2. The molecule has 20 heavy (non-hydrogen) atoms. The molecule has 0 aliphatic heterocycles. The van der Waals surface area contributed by atoms with E-state index >= 15 is 0 Å². The topological polar surface area (TPSA) is 94.2 Å². The predicted octanol–water partition coefficient (Wildman–Crippen LogP) is 1.11. The van der Waals surface area contributed by atoms with Gasteiger partial charge in [-0.1, -0.05) is 11.3 Å². The maximum absolute atomic E-state index is 12.1. The third-order valence-electron chi connectivity index (χ3n) is 2.93. The van der Waals surface area contributed by atoms with Crippen LogP contribution in [0.5, 0.6) is 0 Å². The number of hydrogen-bond donors (Lipinski definition) is 2. The normalized spacial score (nSPS) is 10.3. The summed E-state index contributed by atoms with van der Waals surface area (Å²) in [7, 11) is 1.62. The van der Waals surface area contributed by atoms with Crippen molar-refractivity contribution in [2.45, 2.75) is 6.92 Å². The van der Waals surface area contributed by atoms with Crippen LogP contribution < -0.4 is 15.9 Å². The summed E-state index contributed by atoms with van der Waals surface area (Å²) in [6.07, 6.45) is 0. The van der Waals surface area contributed by atoms with Gasteiger partial charge in [-0.2, -0.15) is 0 Å². The van der Waals surface area contributed by atoms with E-state index in [1.165, 1.54) is 16.7 Å². The number of amides is 2. The zero-order valence-corrected chi connectivity index (χ0v) is 11.8.